The van der Waals surface area contributed by atoms with Gasteiger partial charge in [-0.05, 0) is 0 Å². The van der Waals surface area contributed by atoms with Crippen LogP contribution in [0.3, 0.4) is 0 Å². The van der Waals surface area contributed by atoms with E-state index in [1.165, 1.54) is 0 Å². The summed E-state index contributed by atoms with van der Waals surface area (Å²) in [6.07, 6.45) is 0. The largest absolute Gasteiger partial charge is 0 e. The molecular formula is H2CdGeOZn. The van der Waals surface area contributed by atoms with Crippen LogP contribution in [0.5, 0.6) is 0 Å². The van der Waals surface area contributed by atoms with Crippen LogP contribution in [0, 0.1) is 0 Å². The van der Waals surface area contributed by atoms with Crippen LogP contribution in [0.25, 0.3) is 0 Å². The first-order chi connectivity index (χ1) is 1.00. The third kappa shape index (κ3) is 9.10. The molecule has 0 radical (unpaired) electrons. The Morgan fingerprint density at radius 2 is 1.25 bits per heavy atom. The Labute approximate surface area is 66.3 Å². The van der Waals surface area contributed by atoms with E-state index in [4.69, 9.17) is 3.78 Å². The van der Waals surface area contributed by atoms with Crippen molar-refractivity contribution in [2.75, 3.05) is 0 Å². The van der Waals surface area contributed by atoms with Gasteiger partial charge < -0.3 is 0 Å². The first-order valence-electron chi connectivity index (χ1n) is 0.289. The first kappa shape index (κ1) is 16.9. The van der Waals surface area contributed by atoms with Crippen LogP contribution in [0.15, 0.2) is 0 Å². The standard InChI is InChI=1S/Cd.GeH2O.Zn/c;1-2;/h;1H2;. The monoisotopic (exact) mass is 270 g/mol. The first-order valence-corrected chi connectivity index (χ1v) is 1.50. The van der Waals surface area contributed by atoms with Gasteiger partial charge in [0.1, 0.15) is 0 Å². The summed E-state index contributed by atoms with van der Waals surface area (Å²) < 4.78 is 8.38. The third-order valence-electron chi connectivity index (χ3n) is 0. The van der Waals surface area contributed by atoms with Crippen molar-refractivity contribution in [3.8, 4) is 0 Å². The molecule has 0 aliphatic carbocycles. The normalized spacial score (nSPS) is 1.00. The fraction of sp³-hybridized carbons (Fsp3) is 0. The summed E-state index contributed by atoms with van der Waals surface area (Å²) in [5.41, 5.74) is 0. The van der Waals surface area contributed by atoms with Gasteiger partial charge in [-0.1, -0.05) is 0 Å². The number of rotatable bonds is 0. The van der Waals surface area contributed by atoms with Gasteiger partial charge in [0, 0.05) is 46.8 Å². The molecule has 4 heavy (non-hydrogen) atoms. The molecule has 0 aliphatic heterocycles. The minimum absolute atomic E-state index is 0. The van der Waals surface area contributed by atoms with E-state index in [1.54, 1.807) is 0 Å². The predicted octanol–water partition coefficient (Wildman–Crippen LogP) is -1.04. The second-order valence-corrected chi connectivity index (χ2v) is 0. The molecule has 0 bridgehead atoms. The molecule has 0 N–H and O–H groups in total. The van der Waals surface area contributed by atoms with Crippen molar-refractivity contribution >= 4 is 16.5 Å². The predicted molar refractivity (Wildman–Crippen MR) is 9.23 cm³/mol. The molecule has 0 aromatic rings. The molecule has 0 saturated heterocycles. The number of hydrogen-bond acceptors (Lipinski definition) is 1. The van der Waals surface area contributed by atoms with E-state index in [9.17, 15) is 0 Å². The molecule has 0 saturated carbocycles. The molecule has 0 heterocycles. The van der Waals surface area contributed by atoms with E-state index in [2.05, 4.69) is 0 Å². The van der Waals surface area contributed by atoms with Crippen molar-refractivity contribution in [3.05, 3.63) is 0 Å². The summed E-state index contributed by atoms with van der Waals surface area (Å²) in [7, 11) is 0. The van der Waals surface area contributed by atoms with E-state index in [-0.39, 0.29) is 63.2 Å². The molecule has 0 amide bonds. The van der Waals surface area contributed by atoms with Gasteiger partial charge in [0.05, 0.1) is 0 Å². The van der Waals surface area contributed by atoms with Gasteiger partial charge >= 0.3 is 20.2 Å². The van der Waals surface area contributed by atoms with Crippen LogP contribution in [0.2, 0.25) is 0 Å². The SMILES string of the molecule is [Cd].[O]=[GeH2].[Zn]. The van der Waals surface area contributed by atoms with E-state index in [0.29, 0.717) is 0 Å². The van der Waals surface area contributed by atoms with Crippen LogP contribution in [-0.4, -0.2) is 16.5 Å². The molecule has 16 valence electrons. The van der Waals surface area contributed by atoms with Crippen LogP contribution in [-0.2, 0) is 50.6 Å². The summed E-state index contributed by atoms with van der Waals surface area (Å²) in [4.78, 5) is 0. The topological polar surface area (TPSA) is 17.1 Å². The molecule has 0 unspecified atom stereocenters. The molecular weight excluding hydrogens is 266 g/mol. The minimum atomic E-state index is 0. The molecule has 4 heteroatoms. The third-order valence-corrected chi connectivity index (χ3v) is 0. The van der Waals surface area contributed by atoms with Gasteiger partial charge in [0.25, 0.3) is 0 Å². The van der Waals surface area contributed by atoms with Gasteiger partial charge in [-0.2, -0.15) is 0 Å². The fourth-order valence-corrected chi connectivity index (χ4v) is 0. The van der Waals surface area contributed by atoms with E-state index >= 15 is 0 Å². The summed E-state index contributed by atoms with van der Waals surface area (Å²) >= 11 is 0.125. The zero-order chi connectivity index (χ0) is 2.00. The van der Waals surface area contributed by atoms with Gasteiger partial charge in [0.2, 0.25) is 0 Å². The van der Waals surface area contributed by atoms with Crippen LogP contribution in [0.1, 0.15) is 0 Å². The maximum absolute atomic E-state index is 8.38. The van der Waals surface area contributed by atoms with Crippen molar-refractivity contribution in [2.45, 2.75) is 0 Å². The maximum Gasteiger partial charge on any atom is 0 e. The fourth-order valence-electron chi connectivity index (χ4n) is 0. The van der Waals surface area contributed by atoms with Crippen molar-refractivity contribution in [1.82, 2.24) is 0 Å². The minimum Gasteiger partial charge on any atom is 0 e. The Morgan fingerprint density at radius 1 is 1.25 bits per heavy atom. The second kappa shape index (κ2) is 20.7. The molecule has 0 aromatic heterocycles. The smallest absolute Gasteiger partial charge is 0 e. The molecule has 0 atom stereocenters. The van der Waals surface area contributed by atoms with Crippen LogP contribution in [0.4, 0.5) is 0 Å². The van der Waals surface area contributed by atoms with Crippen molar-refractivity contribution in [2.24, 2.45) is 0 Å². The number of hydrogen-bond donors (Lipinski definition) is 0. The molecule has 0 rings (SSSR count). The van der Waals surface area contributed by atoms with Crippen molar-refractivity contribution in [1.29, 1.82) is 0 Å². The maximum atomic E-state index is 8.38. The molecule has 0 aromatic carbocycles. The Kier molecular flexibility index (Phi) is 87.4. The van der Waals surface area contributed by atoms with Gasteiger partial charge in [0.15, 0.2) is 0 Å². The molecule has 1 nitrogen and oxygen atoms in total. The van der Waals surface area contributed by atoms with E-state index in [0.717, 1.165) is 0 Å². The average molecular weight is 268 g/mol. The molecule has 0 spiro atoms. The Bertz CT molecular complexity index is 8.00. The van der Waals surface area contributed by atoms with Gasteiger partial charge in [-0.15, -0.1) is 0 Å². The zero-order valence-corrected chi connectivity index (χ0v) is 12.5. The van der Waals surface area contributed by atoms with Crippen LogP contribution < -0.4 is 0 Å². The zero-order valence-electron chi connectivity index (χ0n) is 2.53. The average Bonchev–Trinajstić information content (AvgIpc) is 1.00. The summed E-state index contributed by atoms with van der Waals surface area (Å²) in [6.45, 7) is 0. The Balaban J connectivity index is -0.00000000500. The quantitative estimate of drug-likeness (QED) is 0.513. The molecule has 0 aliphatic rings. The summed E-state index contributed by atoms with van der Waals surface area (Å²) in [5.74, 6) is 0. The van der Waals surface area contributed by atoms with Gasteiger partial charge in [-0.3, -0.25) is 0 Å². The Morgan fingerprint density at radius 3 is 1.25 bits per heavy atom. The van der Waals surface area contributed by atoms with Crippen molar-refractivity contribution < 1.29 is 50.6 Å². The Hall–Kier alpha value is 1.89. The van der Waals surface area contributed by atoms with Crippen molar-refractivity contribution in [3.63, 3.8) is 0 Å². The summed E-state index contributed by atoms with van der Waals surface area (Å²) in [6, 6.07) is 0. The van der Waals surface area contributed by atoms with E-state index < -0.39 is 0 Å². The van der Waals surface area contributed by atoms with Gasteiger partial charge in [-0.25, -0.2) is 0 Å². The van der Waals surface area contributed by atoms with E-state index in [1.807, 2.05) is 0 Å². The van der Waals surface area contributed by atoms with Crippen LogP contribution >= 0.6 is 0 Å². The summed E-state index contributed by atoms with van der Waals surface area (Å²) in [5, 5.41) is 0. The molecule has 0 fully saturated rings. The second-order valence-electron chi connectivity index (χ2n) is 0.